The van der Waals surface area contributed by atoms with Gasteiger partial charge in [-0.3, -0.25) is 29.9 Å². The quantitative estimate of drug-likeness (QED) is 0.182. The number of pyridine rings is 1. The van der Waals surface area contributed by atoms with E-state index in [2.05, 4.69) is 4.98 Å². The number of nitrogens with zero attached hydrogens (tertiary/aromatic N) is 4. The van der Waals surface area contributed by atoms with Crippen LogP contribution in [0, 0.1) is 20.2 Å². The minimum Gasteiger partial charge on any atom is -0.493 e. The Morgan fingerprint density at radius 1 is 1.06 bits per heavy atom. The Kier molecular flexibility index (Phi) is 6.71. The third-order valence-electron chi connectivity index (χ3n) is 4.75. The number of anilines is 1. The molecule has 176 valence electrons. The Morgan fingerprint density at radius 3 is 2.46 bits per heavy atom. The van der Waals surface area contributed by atoms with Gasteiger partial charge in [0.25, 0.3) is 17.5 Å². The molecule has 35 heavy (non-hydrogen) atoms. The number of carbonyl (C=O) groups is 1. The van der Waals surface area contributed by atoms with Crippen molar-refractivity contribution < 1.29 is 24.1 Å². The zero-order chi connectivity index (χ0) is 25.1. The van der Waals surface area contributed by atoms with E-state index in [1.165, 1.54) is 54.6 Å². The Bertz CT molecular complexity index is 1390. The van der Waals surface area contributed by atoms with Gasteiger partial charge in [-0.25, -0.2) is 4.98 Å². The lowest BCUT2D eigenvalue weighted by Crippen LogP contribution is -2.27. The molecule has 11 nitrogen and oxygen atoms in total. The second-order valence-electron chi connectivity index (χ2n) is 6.89. The lowest BCUT2D eigenvalue weighted by molar-refractivity contribution is -0.386. The first-order chi connectivity index (χ1) is 16.8. The summed E-state index contributed by atoms with van der Waals surface area (Å²) in [6, 6.07) is 13.0. The second kappa shape index (κ2) is 9.87. The van der Waals surface area contributed by atoms with E-state index in [1.807, 2.05) is 0 Å². The van der Waals surface area contributed by atoms with Crippen LogP contribution in [0.3, 0.4) is 0 Å². The normalized spacial score (nSPS) is 14.3. The van der Waals surface area contributed by atoms with Crippen LogP contribution in [0.1, 0.15) is 5.56 Å². The molecule has 1 fully saturated rings. The monoisotopic (exact) mass is 510 g/mol. The molecule has 13 heteroatoms. The first-order valence-electron chi connectivity index (χ1n) is 9.76. The number of thioether (sulfide) groups is 1. The number of hydrogen-bond donors (Lipinski definition) is 0. The zero-order valence-corrected chi connectivity index (χ0v) is 19.4. The maximum Gasteiger partial charge on any atom is 0.331 e. The van der Waals surface area contributed by atoms with Crippen molar-refractivity contribution >= 4 is 57.3 Å². The minimum atomic E-state index is -0.601. The van der Waals surface area contributed by atoms with Crippen molar-refractivity contribution in [3.63, 3.8) is 0 Å². The molecule has 0 atom stereocenters. The van der Waals surface area contributed by atoms with Gasteiger partial charge in [0, 0.05) is 24.4 Å². The van der Waals surface area contributed by atoms with E-state index >= 15 is 0 Å². The molecule has 2 aromatic carbocycles. The molecule has 0 saturated carbocycles. The van der Waals surface area contributed by atoms with Crippen LogP contribution in [0.15, 0.2) is 65.7 Å². The van der Waals surface area contributed by atoms with E-state index in [1.54, 1.807) is 24.3 Å². The van der Waals surface area contributed by atoms with E-state index in [-0.39, 0.29) is 39.0 Å². The molecule has 2 heterocycles. The Morgan fingerprint density at radius 2 is 1.80 bits per heavy atom. The predicted octanol–water partition coefficient (Wildman–Crippen LogP) is 5.10. The standard InChI is InChI=1S/C22H14N4O7S2/c1-32-18-11-13(4-9-17(18)33-20-16(26(30)31)3-2-10-23-20)12-19-21(27)24(22(34)35-19)14-5-7-15(8-6-14)25(28)29/h2-12H,1H3/b19-12+. The molecule has 3 aromatic rings. The van der Waals surface area contributed by atoms with E-state index in [4.69, 9.17) is 21.7 Å². The smallest absolute Gasteiger partial charge is 0.331 e. The van der Waals surface area contributed by atoms with Crippen LogP contribution in [0.2, 0.25) is 0 Å². The highest BCUT2D eigenvalue weighted by molar-refractivity contribution is 8.27. The number of ether oxygens (including phenoxy) is 2. The number of benzene rings is 2. The second-order valence-corrected chi connectivity index (χ2v) is 8.56. The number of nitro benzene ring substituents is 1. The molecule has 0 spiro atoms. The molecule has 0 bridgehead atoms. The lowest BCUT2D eigenvalue weighted by Gasteiger charge is -2.14. The fourth-order valence-corrected chi connectivity index (χ4v) is 4.43. The highest BCUT2D eigenvalue weighted by Crippen LogP contribution is 2.39. The van der Waals surface area contributed by atoms with Crippen molar-refractivity contribution in [2.45, 2.75) is 0 Å². The summed E-state index contributed by atoms with van der Waals surface area (Å²) in [6.45, 7) is 0. The molecule has 0 unspecified atom stereocenters. The summed E-state index contributed by atoms with van der Waals surface area (Å²) in [5.41, 5.74) is 0.613. The number of amides is 1. The molecule has 0 aliphatic carbocycles. The van der Waals surface area contributed by atoms with Crippen LogP contribution < -0.4 is 14.4 Å². The molecular formula is C22H14N4O7S2. The van der Waals surface area contributed by atoms with Crippen molar-refractivity contribution in [1.82, 2.24) is 4.98 Å². The molecule has 1 aliphatic heterocycles. The third-order valence-corrected chi connectivity index (χ3v) is 6.05. The van der Waals surface area contributed by atoms with Gasteiger partial charge in [0.05, 0.1) is 27.5 Å². The van der Waals surface area contributed by atoms with Crippen molar-refractivity contribution in [2.24, 2.45) is 0 Å². The van der Waals surface area contributed by atoms with Gasteiger partial charge in [0.2, 0.25) is 0 Å². The Balaban J connectivity index is 1.59. The number of non-ortho nitro benzene ring substituents is 1. The van der Waals surface area contributed by atoms with Gasteiger partial charge in [0.1, 0.15) is 0 Å². The van der Waals surface area contributed by atoms with Gasteiger partial charge in [-0.15, -0.1) is 0 Å². The number of rotatable bonds is 7. The Labute approximate surface area is 207 Å². The van der Waals surface area contributed by atoms with Crippen molar-refractivity contribution in [2.75, 3.05) is 12.0 Å². The molecule has 1 aliphatic rings. The van der Waals surface area contributed by atoms with Crippen LogP contribution >= 0.6 is 24.0 Å². The van der Waals surface area contributed by atoms with Gasteiger partial charge in [-0.2, -0.15) is 0 Å². The lowest BCUT2D eigenvalue weighted by atomic mass is 10.1. The minimum absolute atomic E-state index is 0.0971. The maximum atomic E-state index is 13.0. The number of methoxy groups -OCH3 is 1. The van der Waals surface area contributed by atoms with Gasteiger partial charge < -0.3 is 9.47 Å². The first-order valence-corrected chi connectivity index (χ1v) is 11.0. The first kappa shape index (κ1) is 23.8. The average molecular weight is 511 g/mol. The van der Waals surface area contributed by atoms with E-state index in [9.17, 15) is 25.0 Å². The molecule has 1 aromatic heterocycles. The highest BCUT2D eigenvalue weighted by atomic mass is 32.2. The highest BCUT2D eigenvalue weighted by Gasteiger charge is 2.33. The van der Waals surface area contributed by atoms with Gasteiger partial charge >= 0.3 is 5.69 Å². The fourth-order valence-electron chi connectivity index (χ4n) is 3.13. The summed E-state index contributed by atoms with van der Waals surface area (Å²) in [6.07, 6.45) is 2.98. The molecule has 4 rings (SSSR count). The SMILES string of the molecule is COc1cc(/C=C2/SC(=S)N(c3ccc([N+](=O)[O-])cc3)C2=O)ccc1Oc1ncccc1[N+](=O)[O-]. The molecule has 1 saturated heterocycles. The van der Waals surface area contributed by atoms with E-state index in [0.29, 0.717) is 16.2 Å². The molecule has 0 radical (unpaired) electrons. The summed E-state index contributed by atoms with van der Waals surface area (Å²) in [5.74, 6) is -0.0980. The molecule has 0 N–H and O–H groups in total. The zero-order valence-electron chi connectivity index (χ0n) is 17.8. The summed E-state index contributed by atoms with van der Waals surface area (Å²) in [5, 5.41) is 22.1. The maximum absolute atomic E-state index is 13.0. The summed E-state index contributed by atoms with van der Waals surface area (Å²) < 4.78 is 11.2. The van der Waals surface area contributed by atoms with Gasteiger partial charge in [-0.05, 0) is 42.0 Å². The van der Waals surface area contributed by atoms with E-state index < -0.39 is 9.85 Å². The Hall–Kier alpha value is -4.36. The molecular weight excluding hydrogens is 496 g/mol. The number of nitro groups is 2. The number of thiocarbonyl (C=S) groups is 1. The predicted molar refractivity (Wildman–Crippen MR) is 133 cm³/mol. The van der Waals surface area contributed by atoms with Crippen LogP contribution in [-0.2, 0) is 4.79 Å². The number of hydrogen-bond acceptors (Lipinski definition) is 10. The van der Waals surface area contributed by atoms with Crippen LogP contribution in [0.25, 0.3) is 6.08 Å². The largest absolute Gasteiger partial charge is 0.493 e. The van der Waals surface area contributed by atoms with E-state index in [0.717, 1.165) is 11.8 Å². The van der Waals surface area contributed by atoms with Crippen LogP contribution in [-0.4, -0.2) is 32.2 Å². The van der Waals surface area contributed by atoms with Crippen molar-refractivity contribution in [3.05, 3.63) is 91.5 Å². The molecule has 1 amide bonds. The summed E-state index contributed by atoms with van der Waals surface area (Å²) in [4.78, 5) is 39.5. The number of aromatic nitrogens is 1. The van der Waals surface area contributed by atoms with Crippen LogP contribution in [0.5, 0.6) is 17.4 Å². The van der Waals surface area contributed by atoms with Gasteiger partial charge in [-0.1, -0.05) is 30.0 Å². The van der Waals surface area contributed by atoms with Crippen molar-refractivity contribution in [3.8, 4) is 17.4 Å². The third kappa shape index (κ3) is 4.95. The summed E-state index contributed by atoms with van der Waals surface area (Å²) >= 11 is 6.42. The van der Waals surface area contributed by atoms with Gasteiger partial charge in [0.15, 0.2) is 15.8 Å². The number of carbonyl (C=O) groups excluding carboxylic acids is 1. The van der Waals surface area contributed by atoms with Crippen molar-refractivity contribution in [1.29, 1.82) is 0 Å². The fraction of sp³-hybridized carbons (Fsp3) is 0.0455. The van der Waals surface area contributed by atoms with Crippen LogP contribution in [0.4, 0.5) is 17.1 Å². The topological polar surface area (TPSA) is 138 Å². The summed E-state index contributed by atoms with van der Waals surface area (Å²) in [7, 11) is 1.41. The average Bonchev–Trinajstić information content (AvgIpc) is 3.12.